The summed E-state index contributed by atoms with van der Waals surface area (Å²) in [5.74, 6) is 0.385. The van der Waals surface area contributed by atoms with Crippen LogP contribution in [-0.4, -0.2) is 27.8 Å². The number of oxazole rings is 1. The van der Waals surface area contributed by atoms with Gasteiger partial charge in [-0.3, -0.25) is 4.79 Å². The van der Waals surface area contributed by atoms with Crippen LogP contribution >= 0.6 is 11.3 Å². The van der Waals surface area contributed by atoms with Gasteiger partial charge in [0.1, 0.15) is 10.8 Å². The summed E-state index contributed by atoms with van der Waals surface area (Å²) in [5, 5.41) is 2.90. The molecule has 0 aliphatic carbocycles. The van der Waals surface area contributed by atoms with Crippen LogP contribution in [0.3, 0.4) is 0 Å². The maximum Gasteiger partial charge on any atom is 0.276 e. The van der Waals surface area contributed by atoms with Gasteiger partial charge in [0.05, 0.1) is 6.04 Å². The Morgan fingerprint density at radius 1 is 1.50 bits per heavy atom. The highest BCUT2D eigenvalue weighted by Gasteiger charge is 2.24. The van der Waals surface area contributed by atoms with Gasteiger partial charge < -0.3 is 9.32 Å². The number of hydrogen-bond donors (Lipinski definition) is 0. The van der Waals surface area contributed by atoms with E-state index < -0.39 is 0 Å². The van der Waals surface area contributed by atoms with Crippen LogP contribution in [0.15, 0.2) is 16.2 Å². The van der Waals surface area contributed by atoms with E-state index in [2.05, 4.69) is 9.97 Å². The number of aryl methyl sites for hydroxylation is 2. The van der Waals surface area contributed by atoms with Crippen LogP contribution in [0, 0.1) is 13.8 Å². The molecule has 0 N–H and O–H groups in total. The topological polar surface area (TPSA) is 59.2 Å². The predicted molar refractivity (Wildman–Crippen MR) is 68.6 cm³/mol. The van der Waals surface area contributed by atoms with Crippen LogP contribution in [0.25, 0.3) is 0 Å². The van der Waals surface area contributed by atoms with Crippen LogP contribution < -0.4 is 0 Å². The molecule has 2 aromatic rings. The van der Waals surface area contributed by atoms with Crippen LogP contribution in [0.2, 0.25) is 0 Å². The van der Waals surface area contributed by atoms with Crippen molar-refractivity contribution in [3.63, 3.8) is 0 Å². The van der Waals surface area contributed by atoms with E-state index in [0.29, 0.717) is 11.5 Å². The van der Waals surface area contributed by atoms with Crippen molar-refractivity contribution >= 4 is 17.2 Å². The fourth-order valence-corrected chi connectivity index (χ4v) is 2.48. The standard InChI is InChI=1S/C12H15N3O2S/c1-7-5-18-11(14-7)8(2)15(4)12(16)10-9(3)17-6-13-10/h5-6,8H,1-4H3/t8-/m0/s1. The summed E-state index contributed by atoms with van der Waals surface area (Å²) in [6.45, 7) is 5.62. The van der Waals surface area contributed by atoms with Gasteiger partial charge in [0, 0.05) is 18.1 Å². The number of carbonyl (C=O) groups excluding carboxylic acids is 1. The normalized spacial score (nSPS) is 12.4. The molecule has 5 nitrogen and oxygen atoms in total. The lowest BCUT2D eigenvalue weighted by molar-refractivity contribution is 0.0735. The second-order valence-corrected chi connectivity index (χ2v) is 5.07. The Hall–Kier alpha value is -1.69. The predicted octanol–water partition coefficient (Wildman–Crippen LogP) is 2.58. The van der Waals surface area contributed by atoms with Crippen molar-refractivity contribution in [1.29, 1.82) is 0 Å². The molecule has 0 saturated carbocycles. The average Bonchev–Trinajstić information content (AvgIpc) is 2.95. The average molecular weight is 265 g/mol. The van der Waals surface area contributed by atoms with Crippen molar-refractivity contribution in [2.24, 2.45) is 0 Å². The molecule has 1 amide bonds. The summed E-state index contributed by atoms with van der Waals surface area (Å²) >= 11 is 1.56. The molecule has 1 atom stereocenters. The fourth-order valence-electron chi connectivity index (χ4n) is 1.58. The summed E-state index contributed by atoms with van der Waals surface area (Å²) in [6, 6.07) is -0.0766. The summed E-state index contributed by atoms with van der Waals surface area (Å²) in [6.07, 6.45) is 1.29. The van der Waals surface area contributed by atoms with E-state index in [1.165, 1.54) is 6.39 Å². The maximum atomic E-state index is 12.2. The first-order valence-electron chi connectivity index (χ1n) is 5.60. The quantitative estimate of drug-likeness (QED) is 0.855. The van der Waals surface area contributed by atoms with Gasteiger partial charge in [-0.15, -0.1) is 11.3 Å². The van der Waals surface area contributed by atoms with Crippen molar-refractivity contribution in [3.8, 4) is 0 Å². The number of rotatable bonds is 3. The fraction of sp³-hybridized carbons (Fsp3) is 0.417. The highest BCUT2D eigenvalue weighted by molar-refractivity contribution is 7.09. The Labute approximate surface area is 109 Å². The monoisotopic (exact) mass is 265 g/mol. The molecular weight excluding hydrogens is 250 g/mol. The van der Waals surface area contributed by atoms with Gasteiger partial charge in [-0.25, -0.2) is 9.97 Å². The molecule has 2 aromatic heterocycles. The van der Waals surface area contributed by atoms with E-state index in [9.17, 15) is 4.79 Å². The van der Waals surface area contributed by atoms with E-state index in [0.717, 1.165) is 10.7 Å². The highest BCUT2D eigenvalue weighted by atomic mass is 32.1. The van der Waals surface area contributed by atoms with Gasteiger partial charge in [0.25, 0.3) is 5.91 Å². The molecular formula is C12H15N3O2S. The van der Waals surface area contributed by atoms with Gasteiger partial charge >= 0.3 is 0 Å². The first kappa shape index (κ1) is 12.8. The third-order valence-electron chi connectivity index (χ3n) is 2.84. The smallest absolute Gasteiger partial charge is 0.276 e. The molecule has 0 unspecified atom stereocenters. The maximum absolute atomic E-state index is 12.2. The van der Waals surface area contributed by atoms with Crippen molar-refractivity contribution in [2.75, 3.05) is 7.05 Å². The Balaban J connectivity index is 2.19. The Morgan fingerprint density at radius 2 is 2.22 bits per heavy atom. The second-order valence-electron chi connectivity index (χ2n) is 4.18. The van der Waals surface area contributed by atoms with Gasteiger partial charge in [-0.05, 0) is 20.8 Å². The minimum atomic E-state index is -0.151. The molecule has 0 fully saturated rings. The zero-order chi connectivity index (χ0) is 13.3. The molecule has 0 radical (unpaired) electrons. The van der Waals surface area contributed by atoms with Crippen LogP contribution in [0.1, 0.15) is 39.9 Å². The molecule has 6 heteroatoms. The highest BCUT2D eigenvalue weighted by Crippen LogP contribution is 2.24. The SMILES string of the molecule is Cc1csc([C@H](C)N(C)C(=O)c2ncoc2C)n1. The van der Waals surface area contributed by atoms with E-state index in [1.807, 2.05) is 19.2 Å². The van der Waals surface area contributed by atoms with Crippen molar-refractivity contribution < 1.29 is 9.21 Å². The summed E-state index contributed by atoms with van der Waals surface area (Å²) in [5.41, 5.74) is 1.33. The van der Waals surface area contributed by atoms with Crippen LogP contribution in [0.5, 0.6) is 0 Å². The molecule has 0 aliphatic rings. The minimum Gasteiger partial charge on any atom is -0.448 e. The zero-order valence-electron chi connectivity index (χ0n) is 10.8. The first-order valence-corrected chi connectivity index (χ1v) is 6.48. The van der Waals surface area contributed by atoms with E-state index in [-0.39, 0.29) is 11.9 Å². The van der Waals surface area contributed by atoms with Crippen molar-refractivity contribution in [3.05, 3.63) is 33.9 Å². The number of thiazole rings is 1. The van der Waals surface area contributed by atoms with Crippen LogP contribution in [0.4, 0.5) is 0 Å². The lowest BCUT2D eigenvalue weighted by atomic mass is 10.2. The Bertz CT molecular complexity index is 561. The molecule has 96 valence electrons. The lowest BCUT2D eigenvalue weighted by Crippen LogP contribution is -2.30. The number of amides is 1. The Morgan fingerprint density at radius 3 is 2.72 bits per heavy atom. The summed E-state index contributed by atoms with van der Waals surface area (Å²) in [4.78, 5) is 22.2. The third-order valence-corrected chi connectivity index (χ3v) is 3.98. The largest absolute Gasteiger partial charge is 0.448 e. The molecule has 0 aliphatic heterocycles. The van der Waals surface area contributed by atoms with E-state index >= 15 is 0 Å². The van der Waals surface area contributed by atoms with Crippen molar-refractivity contribution in [1.82, 2.24) is 14.9 Å². The second kappa shape index (κ2) is 4.89. The molecule has 0 spiro atoms. The number of nitrogens with zero attached hydrogens (tertiary/aromatic N) is 3. The molecule has 2 rings (SSSR count). The molecule has 2 heterocycles. The lowest BCUT2D eigenvalue weighted by Gasteiger charge is -2.22. The number of carbonyl (C=O) groups is 1. The number of hydrogen-bond acceptors (Lipinski definition) is 5. The van der Waals surface area contributed by atoms with Crippen LogP contribution in [-0.2, 0) is 0 Å². The van der Waals surface area contributed by atoms with Gasteiger partial charge in [0.15, 0.2) is 12.1 Å². The van der Waals surface area contributed by atoms with Crippen molar-refractivity contribution in [2.45, 2.75) is 26.8 Å². The molecule has 18 heavy (non-hydrogen) atoms. The van der Waals surface area contributed by atoms with Gasteiger partial charge in [-0.2, -0.15) is 0 Å². The third kappa shape index (κ3) is 2.28. The Kier molecular flexibility index (Phi) is 3.47. The molecule has 0 saturated heterocycles. The molecule has 0 aromatic carbocycles. The minimum absolute atomic E-state index is 0.0766. The van der Waals surface area contributed by atoms with E-state index in [1.54, 1.807) is 30.2 Å². The number of aromatic nitrogens is 2. The zero-order valence-corrected chi connectivity index (χ0v) is 11.6. The van der Waals surface area contributed by atoms with Gasteiger partial charge in [-0.1, -0.05) is 0 Å². The van der Waals surface area contributed by atoms with Gasteiger partial charge in [0.2, 0.25) is 0 Å². The molecule has 0 bridgehead atoms. The summed E-state index contributed by atoms with van der Waals surface area (Å²) in [7, 11) is 1.75. The first-order chi connectivity index (χ1) is 8.50. The van der Waals surface area contributed by atoms with E-state index in [4.69, 9.17) is 4.42 Å². The summed E-state index contributed by atoms with van der Waals surface area (Å²) < 4.78 is 5.05.